The number of hydrogen-bond acceptors (Lipinski definition) is 10. The van der Waals surface area contributed by atoms with Crippen molar-refractivity contribution in [1.29, 1.82) is 0 Å². The topological polar surface area (TPSA) is 197 Å². The number of Topliss-reactive ketones (excluding diaryl/α,β-unsaturated/α-hetero) is 4. The number of aromatic hydroxyl groups is 1. The third-order valence-electron chi connectivity index (χ3n) is 9.34. The number of nitrogens with zero attached hydrogens (tertiary/aromatic N) is 2. The fraction of sp³-hybridized carbons (Fsp3) is 0.586. The first kappa shape index (κ1) is 29.8. The molecule has 0 aromatic heterocycles. The molecule has 6 atom stereocenters. The Morgan fingerprint density at radius 1 is 1.14 bits per heavy atom. The predicted octanol–water partition coefficient (Wildman–Crippen LogP) is -1.03. The third-order valence-corrected chi connectivity index (χ3v) is 9.34. The van der Waals surface area contributed by atoms with Crippen molar-refractivity contribution >= 4 is 35.1 Å². The van der Waals surface area contributed by atoms with E-state index in [4.69, 9.17) is 10.5 Å². The van der Waals surface area contributed by atoms with E-state index in [1.165, 1.54) is 19.0 Å². The van der Waals surface area contributed by atoms with E-state index in [0.717, 1.165) is 0 Å². The Kier molecular flexibility index (Phi) is 7.71. The van der Waals surface area contributed by atoms with E-state index in [1.807, 2.05) is 0 Å². The zero-order valence-electron chi connectivity index (χ0n) is 23.8. The number of nitrogens with two attached hydrogens (primary N) is 1. The van der Waals surface area contributed by atoms with Crippen LogP contribution >= 0.6 is 0 Å². The second-order valence-electron chi connectivity index (χ2n) is 11.8. The summed E-state index contributed by atoms with van der Waals surface area (Å²) in [6.07, 6.45) is 0.447. The van der Waals surface area contributed by atoms with Crippen LogP contribution in [0.5, 0.6) is 5.75 Å². The fourth-order valence-electron chi connectivity index (χ4n) is 7.29. The average molecular weight is 585 g/mol. The van der Waals surface area contributed by atoms with E-state index in [2.05, 4.69) is 5.32 Å². The number of rotatable bonds is 5. The summed E-state index contributed by atoms with van der Waals surface area (Å²) in [5.74, 6) is -10.9. The Hall–Kier alpha value is -3.68. The summed E-state index contributed by atoms with van der Waals surface area (Å²) in [5, 5.41) is 25.7. The highest BCUT2D eigenvalue weighted by atomic mass is 16.5. The van der Waals surface area contributed by atoms with Gasteiger partial charge in [0, 0.05) is 25.6 Å². The molecule has 3 aliphatic carbocycles. The molecule has 5 rings (SSSR count). The zero-order valence-corrected chi connectivity index (χ0v) is 23.8. The lowest BCUT2D eigenvalue weighted by Crippen LogP contribution is -2.74. The van der Waals surface area contributed by atoms with Crippen LogP contribution < -0.4 is 11.1 Å². The molecule has 2 unspecified atom stereocenters. The number of primary amides is 1. The molecule has 1 heterocycles. The molecule has 2 saturated carbocycles. The van der Waals surface area contributed by atoms with Crippen molar-refractivity contribution in [2.75, 3.05) is 40.4 Å². The van der Waals surface area contributed by atoms with Gasteiger partial charge < -0.3 is 30.9 Å². The largest absolute Gasteiger partial charge is 0.507 e. The molecule has 4 aliphatic rings. The summed E-state index contributed by atoms with van der Waals surface area (Å²) >= 11 is 0. The molecule has 13 heteroatoms. The lowest BCUT2D eigenvalue weighted by molar-refractivity contribution is -0.181. The molecule has 0 spiro atoms. The Morgan fingerprint density at radius 3 is 2.40 bits per heavy atom. The normalized spacial score (nSPS) is 31.0. The predicted molar refractivity (Wildman–Crippen MR) is 145 cm³/mol. The summed E-state index contributed by atoms with van der Waals surface area (Å²) in [4.78, 5) is 82.7. The van der Waals surface area contributed by atoms with Crippen LogP contribution in [-0.4, -0.2) is 107 Å². The number of likely N-dealkylation sites (N-methyl/N-ethyl adjacent to an activating group) is 1. The molecule has 1 aromatic rings. The van der Waals surface area contributed by atoms with Crippen molar-refractivity contribution in [3.63, 3.8) is 0 Å². The van der Waals surface area contributed by atoms with E-state index in [1.54, 1.807) is 17.9 Å². The molecule has 226 valence electrons. The van der Waals surface area contributed by atoms with E-state index in [0.29, 0.717) is 49.4 Å². The number of ketones is 4. The van der Waals surface area contributed by atoms with E-state index in [-0.39, 0.29) is 36.7 Å². The van der Waals surface area contributed by atoms with Gasteiger partial charge in [-0.3, -0.25) is 28.9 Å². The van der Waals surface area contributed by atoms with Crippen LogP contribution in [0.4, 0.5) is 4.79 Å². The van der Waals surface area contributed by atoms with Crippen molar-refractivity contribution < 1.29 is 43.7 Å². The number of nitrogens with one attached hydrogen (secondary N) is 1. The molecule has 1 aliphatic heterocycles. The van der Waals surface area contributed by atoms with Crippen LogP contribution in [0.2, 0.25) is 0 Å². The molecule has 42 heavy (non-hydrogen) atoms. The van der Waals surface area contributed by atoms with Gasteiger partial charge in [0.05, 0.1) is 30.7 Å². The quantitative estimate of drug-likeness (QED) is 0.311. The zero-order chi connectivity index (χ0) is 30.7. The second-order valence-corrected chi connectivity index (χ2v) is 11.8. The summed E-state index contributed by atoms with van der Waals surface area (Å²) in [6, 6.07) is 0.263. The van der Waals surface area contributed by atoms with Crippen molar-refractivity contribution in [1.82, 2.24) is 15.1 Å². The molecule has 1 saturated heterocycles. The van der Waals surface area contributed by atoms with Gasteiger partial charge in [-0.25, -0.2) is 4.79 Å². The number of phenols is 1. The van der Waals surface area contributed by atoms with Crippen molar-refractivity contribution in [3.05, 3.63) is 28.3 Å². The fourth-order valence-corrected chi connectivity index (χ4v) is 7.29. The summed E-state index contributed by atoms with van der Waals surface area (Å²) in [7, 11) is 3.07. The lowest BCUT2D eigenvalue weighted by atomic mass is 9.52. The Bertz CT molecular complexity index is 1390. The number of aryl methyl sites for hydroxylation is 1. The number of ether oxygens (including phenoxy) is 1. The molecular weight excluding hydrogens is 548 g/mol. The SMILES string of the molecule is CCc1cc(CNC(=O)N2CCOCC2)c2c(c1O)C(=O)C1C(=O)[C@@]3(O)C(=O)C(C(N)=O)C(=O)[C@H](N(C)C)[C@H]3C[C@H]1C2. The molecular formula is C29H36N4O9. The second kappa shape index (κ2) is 10.9. The lowest BCUT2D eigenvalue weighted by Gasteiger charge is -2.52. The minimum Gasteiger partial charge on any atom is -0.507 e. The molecule has 1 aromatic carbocycles. The van der Waals surface area contributed by atoms with Gasteiger partial charge in [-0.1, -0.05) is 13.0 Å². The van der Waals surface area contributed by atoms with Crippen LogP contribution in [-0.2, 0) is 43.3 Å². The van der Waals surface area contributed by atoms with Crippen LogP contribution in [0, 0.1) is 23.7 Å². The highest BCUT2D eigenvalue weighted by Crippen LogP contribution is 2.51. The number of amides is 3. The van der Waals surface area contributed by atoms with Crippen LogP contribution in [0.15, 0.2) is 6.07 Å². The number of urea groups is 1. The van der Waals surface area contributed by atoms with Crippen LogP contribution in [0.3, 0.4) is 0 Å². The van der Waals surface area contributed by atoms with E-state index in [9.17, 15) is 39.0 Å². The molecule has 13 nitrogen and oxygen atoms in total. The minimum atomic E-state index is -2.77. The van der Waals surface area contributed by atoms with Crippen LogP contribution in [0.1, 0.15) is 40.4 Å². The monoisotopic (exact) mass is 584 g/mol. The number of hydrogen-bond donors (Lipinski definition) is 4. The van der Waals surface area contributed by atoms with Gasteiger partial charge in [-0.05, 0) is 56.0 Å². The van der Waals surface area contributed by atoms with Gasteiger partial charge in [0.2, 0.25) is 5.91 Å². The molecule has 5 N–H and O–H groups in total. The minimum absolute atomic E-state index is 0.0419. The standard InChI is InChI=1S/C29H36N4O9/c1-4-13-9-15(12-31-28(40)33-5-7-42-8-6-33)16-10-14-11-17-21(32(2)3)24(36)20(27(30)39)26(38)29(17,41)25(37)18(14)23(35)19(16)22(13)34/h9,14,17-18,20-21,34,41H,4-8,10-12H2,1-3H3,(H2,30,39)(H,31,40)/t14-,17-,18?,20?,21-,29-/m1/s1. The van der Waals surface area contributed by atoms with E-state index < -0.39 is 64.4 Å². The molecule has 0 radical (unpaired) electrons. The highest BCUT2D eigenvalue weighted by molar-refractivity contribution is 6.32. The molecule has 3 fully saturated rings. The van der Waals surface area contributed by atoms with Gasteiger partial charge in [-0.2, -0.15) is 0 Å². The van der Waals surface area contributed by atoms with E-state index >= 15 is 0 Å². The van der Waals surface area contributed by atoms with Crippen molar-refractivity contribution in [3.8, 4) is 5.75 Å². The number of aliphatic hydroxyl groups is 1. The number of fused-ring (bicyclic) bond motifs is 3. The number of carbonyl (C=O) groups excluding carboxylic acids is 6. The number of morpholine rings is 1. The Labute approximate surface area is 242 Å². The first-order valence-corrected chi connectivity index (χ1v) is 14.2. The first-order chi connectivity index (χ1) is 19.8. The Morgan fingerprint density at radius 2 is 1.81 bits per heavy atom. The number of carbonyl (C=O) groups is 6. The van der Waals surface area contributed by atoms with Gasteiger partial charge in [0.1, 0.15) is 5.75 Å². The maximum Gasteiger partial charge on any atom is 0.317 e. The van der Waals surface area contributed by atoms with Crippen molar-refractivity contribution in [2.45, 2.75) is 44.4 Å². The number of phenolic OH excluding ortho intramolecular Hbond substituents is 1. The average Bonchev–Trinajstić information content (AvgIpc) is 2.94. The maximum atomic E-state index is 14.0. The van der Waals surface area contributed by atoms with Gasteiger partial charge >= 0.3 is 6.03 Å². The smallest absolute Gasteiger partial charge is 0.317 e. The number of benzene rings is 1. The summed E-state index contributed by atoms with van der Waals surface area (Å²) in [5.41, 5.74) is 4.04. The highest BCUT2D eigenvalue weighted by Gasteiger charge is 2.69. The maximum absolute atomic E-state index is 14.0. The first-order valence-electron chi connectivity index (χ1n) is 14.2. The summed E-state index contributed by atoms with van der Waals surface area (Å²) < 4.78 is 5.30. The van der Waals surface area contributed by atoms with Crippen molar-refractivity contribution in [2.24, 2.45) is 29.4 Å². The molecule has 0 bridgehead atoms. The summed E-state index contributed by atoms with van der Waals surface area (Å²) in [6.45, 7) is 3.59. The molecule has 3 amide bonds. The van der Waals surface area contributed by atoms with Gasteiger partial charge in [0.15, 0.2) is 34.7 Å². The van der Waals surface area contributed by atoms with Gasteiger partial charge in [-0.15, -0.1) is 0 Å². The van der Waals surface area contributed by atoms with Crippen LogP contribution in [0.25, 0.3) is 0 Å². The van der Waals surface area contributed by atoms with Gasteiger partial charge in [0.25, 0.3) is 0 Å². The Balaban J connectivity index is 1.55. The third kappa shape index (κ3) is 4.41.